The number of rotatable bonds is 3. The van der Waals surface area contributed by atoms with Gasteiger partial charge in [-0.15, -0.1) is 0 Å². The summed E-state index contributed by atoms with van der Waals surface area (Å²) in [5.41, 5.74) is 2.97. The van der Waals surface area contributed by atoms with Crippen LogP contribution in [0.25, 0.3) is 0 Å². The van der Waals surface area contributed by atoms with Gasteiger partial charge in [0.15, 0.2) is 0 Å². The summed E-state index contributed by atoms with van der Waals surface area (Å²) in [6, 6.07) is 12.1. The number of benzene rings is 2. The van der Waals surface area contributed by atoms with Gasteiger partial charge in [-0.05, 0) is 53.8 Å². The molecule has 1 saturated heterocycles. The monoisotopic (exact) mass is 414 g/mol. The first-order chi connectivity index (χ1) is 14.0. The van der Waals surface area contributed by atoms with Crippen molar-refractivity contribution in [3.63, 3.8) is 0 Å². The molecule has 1 N–H and O–H groups in total. The SMILES string of the molecule is O=S(=O)(c1ccc([C@@H]2Nc3ccc(F)cc3[C@H]3C=CC[C@H]32)cc1)N1CCOCC1. The Bertz CT molecular complexity index is 1050. The van der Waals surface area contributed by atoms with Crippen LogP contribution in [-0.2, 0) is 14.8 Å². The predicted molar refractivity (Wildman–Crippen MR) is 109 cm³/mol. The van der Waals surface area contributed by atoms with E-state index in [4.69, 9.17) is 4.74 Å². The largest absolute Gasteiger partial charge is 0.379 e. The van der Waals surface area contributed by atoms with Gasteiger partial charge in [0.05, 0.1) is 24.2 Å². The lowest BCUT2D eigenvalue weighted by Gasteiger charge is -2.37. The number of allylic oxidation sites excluding steroid dienone is 2. The highest BCUT2D eigenvalue weighted by molar-refractivity contribution is 7.89. The van der Waals surface area contributed by atoms with Crippen molar-refractivity contribution in [1.82, 2.24) is 4.31 Å². The van der Waals surface area contributed by atoms with Crippen LogP contribution < -0.4 is 5.32 Å². The lowest BCUT2D eigenvalue weighted by Crippen LogP contribution is -2.40. The number of fused-ring (bicyclic) bond motifs is 3. The molecule has 0 unspecified atom stereocenters. The second kappa shape index (κ2) is 7.23. The number of halogens is 1. The van der Waals surface area contributed by atoms with Crippen LogP contribution in [0.4, 0.5) is 10.1 Å². The van der Waals surface area contributed by atoms with Crippen molar-refractivity contribution in [3.8, 4) is 0 Å². The first kappa shape index (κ1) is 18.8. The van der Waals surface area contributed by atoms with E-state index >= 15 is 0 Å². The number of anilines is 1. The second-order valence-corrected chi connectivity index (χ2v) is 9.73. The zero-order chi connectivity index (χ0) is 20.0. The Labute approximate surface area is 170 Å². The Morgan fingerprint density at radius 1 is 1.07 bits per heavy atom. The zero-order valence-corrected chi connectivity index (χ0v) is 16.7. The summed E-state index contributed by atoms with van der Waals surface area (Å²) >= 11 is 0. The molecule has 0 aromatic heterocycles. The highest BCUT2D eigenvalue weighted by Gasteiger charge is 2.38. The third-order valence-corrected chi connectivity index (χ3v) is 8.08. The van der Waals surface area contributed by atoms with E-state index in [1.807, 2.05) is 12.1 Å². The van der Waals surface area contributed by atoms with E-state index in [9.17, 15) is 12.8 Å². The van der Waals surface area contributed by atoms with Gasteiger partial charge in [-0.1, -0.05) is 24.3 Å². The standard InChI is InChI=1S/C22H23FN2O3S/c23-16-6-9-21-20(14-16)18-2-1-3-19(18)22(24-21)15-4-7-17(8-5-15)29(26,27)25-10-12-28-13-11-25/h1-2,4-9,14,18-19,22,24H,3,10-13H2/t18-,19+,22-/m0/s1. The predicted octanol–water partition coefficient (Wildman–Crippen LogP) is 3.67. The molecule has 0 amide bonds. The van der Waals surface area contributed by atoms with Crippen molar-refractivity contribution in [1.29, 1.82) is 0 Å². The van der Waals surface area contributed by atoms with Crippen molar-refractivity contribution in [2.24, 2.45) is 5.92 Å². The number of ether oxygens (including phenoxy) is 1. The lowest BCUT2D eigenvalue weighted by molar-refractivity contribution is 0.0730. The molecule has 0 radical (unpaired) electrons. The fourth-order valence-corrected chi connectivity index (χ4v) is 6.09. The van der Waals surface area contributed by atoms with E-state index < -0.39 is 10.0 Å². The highest BCUT2D eigenvalue weighted by atomic mass is 32.2. The van der Waals surface area contributed by atoms with Crippen LogP contribution in [0.2, 0.25) is 0 Å². The van der Waals surface area contributed by atoms with Gasteiger partial charge >= 0.3 is 0 Å². The molecule has 0 spiro atoms. The molecule has 0 bridgehead atoms. The maximum absolute atomic E-state index is 13.8. The highest BCUT2D eigenvalue weighted by Crippen LogP contribution is 2.49. The molecule has 5 rings (SSSR count). The third-order valence-electron chi connectivity index (χ3n) is 6.17. The number of sulfonamides is 1. The quantitative estimate of drug-likeness (QED) is 0.779. The summed E-state index contributed by atoms with van der Waals surface area (Å²) in [6.45, 7) is 1.63. The van der Waals surface area contributed by atoms with Crippen LogP contribution in [0.15, 0.2) is 59.5 Å². The topological polar surface area (TPSA) is 58.6 Å². The fraction of sp³-hybridized carbons (Fsp3) is 0.364. The molecule has 5 nitrogen and oxygen atoms in total. The van der Waals surface area contributed by atoms with E-state index in [0.717, 1.165) is 23.2 Å². The van der Waals surface area contributed by atoms with Crippen molar-refractivity contribution in [2.45, 2.75) is 23.3 Å². The van der Waals surface area contributed by atoms with E-state index in [0.29, 0.717) is 31.2 Å². The smallest absolute Gasteiger partial charge is 0.243 e. The van der Waals surface area contributed by atoms with Crippen LogP contribution in [0, 0.1) is 11.7 Å². The van der Waals surface area contributed by atoms with Crippen molar-refractivity contribution in [2.75, 3.05) is 31.6 Å². The first-order valence-corrected chi connectivity index (χ1v) is 11.4. The van der Waals surface area contributed by atoms with Gasteiger partial charge in [-0.3, -0.25) is 0 Å². The molecule has 2 aromatic rings. The van der Waals surface area contributed by atoms with Gasteiger partial charge in [0.2, 0.25) is 10.0 Å². The van der Waals surface area contributed by atoms with Gasteiger partial charge < -0.3 is 10.1 Å². The summed E-state index contributed by atoms with van der Waals surface area (Å²) in [5.74, 6) is 0.232. The molecule has 1 fully saturated rings. The minimum atomic E-state index is -3.50. The van der Waals surface area contributed by atoms with E-state index in [1.54, 1.807) is 24.3 Å². The molecule has 3 atom stereocenters. The van der Waals surface area contributed by atoms with Crippen molar-refractivity contribution >= 4 is 15.7 Å². The second-order valence-electron chi connectivity index (χ2n) is 7.79. The molecule has 0 saturated carbocycles. The first-order valence-electron chi connectivity index (χ1n) is 9.94. The van der Waals surface area contributed by atoms with Crippen LogP contribution >= 0.6 is 0 Å². The number of nitrogens with zero attached hydrogens (tertiary/aromatic N) is 1. The van der Waals surface area contributed by atoms with Crippen molar-refractivity contribution in [3.05, 3.63) is 71.6 Å². The van der Waals surface area contributed by atoms with Crippen LogP contribution in [0.1, 0.15) is 29.5 Å². The Morgan fingerprint density at radius 3 is 2.59 bits per heavy atom. The molecule has 1 aliphatic carbocycles. The average Bonchev–Trinajstić information content (AvgIpc) is 3.24. The molecule has 152 valence electrons. The van der Waals surface area contributed by atoms with Gasteiger partial charge in [0.25, 0.3) is 0 Å². The number of hydrogen-bond acceptors (Lipinski definition) is 4. The molecule has 2 aromatic carbocycles. The Balaban J connectivity index is 1.44. The van der Waals surface area contributed by atoms with Crippen LogP contribution in [0.5, 0.6) is 0 Å². The summed E-state index contributed by atoms with van der Waals surface area (Å²) in [7, 11) is -3.50. The summed E-state index contributed by atoms with van der Waals surface area (Å²) in [5, 5.41) is 3.55. The van der Waals surface area contributed by atoms with E-state index in [1.165, 1.54) is 10.4 Å². The van der Waals surface area contributed by atoms with Crippen molar-refractivity contribution < 1.29 is 17.5 Å². The summed E-state index contributed by atoms with van der Waals surface area (Å²) in [4.78, 5) is 0.308. The van der Waals surface area contributed by atoms with Gasteiger partial charge in [0.1, 0.15) is 5.82 Å². The van der Waals surface area contributed by atoms with Gasteiger partial charge in [-0.2, -0.15) is 4.31 Å². The molecule has 2 aliphatic heterocycles. The number of hydrogen-bond donors (Lipinski definition) is 1. The Morgan fingerprint density at radius 2 is 1.83 bits per heavy atom. The maximum Gasteiger partial charge on any atom is 0.243 e. The molecular formula is C22H23FN2O3S. The maximum atomic E-state index is 13.8. The molecule has 29 heavy (non-hydrogen) atoms. The summed E-state index contributed by atoms with van der Waals surface area (Å²) < 4.78 is 46.2. The molecule has 7 heteroatoms. The van der Waals surface area contributed by atoms with Gasteiger partial charge in [0, 0.05) is 24.7 Å². The van der Waals surface area contributed by atoms with E-state index in [-0.39, 0.29) is 23.7 Å². The van der Waals surface area contributed by atoms with Crippen LogP contribution in [-0.4, -0.2) is 39.0 Å². The number of morpholine rings is 1. The minimum Gasteiger partial charge on any atom is -0.379 e. The normalized spacial score (nSPS) is 26.6. The fourth-order valence-electron chi connectivity index (χ4n) is 4.68. The molecule has 3 aliphatic rings. The van der Waals surface area contributed by atoms with E-state index in [2.05, 4.69) is 17.5 Å². The van der Waals surface area contributed by atoms with Crippen LogP contribution in [0.3, 0.4) is 0 Å². The lowest BCUT2D eigenvalue weighted by atomic mass is 9.77. The molecule has 2 heterocycles. The average molecular weight is 415 g/mol. The number of nitrogens with one attached hydrogen (secondary N) is 1. The zero-order valence-electron chi connectivity index (χ0n) is 15.9. The summed E-state index contributed by atoms with van der Waals surface area (Å²) in [6.07, 6.45) is 5.22. The molecular weight excluding hydrogens is 391 g/mol. The van der Waals surface area contributed by atoms with Gasteiger partial charge in [-0.25, -0.2) is 12.8 Å². The Hall–Kier alpha value is -2.22. The minimum absolute atomic E-state index is 0.0492. The Kier molecular flexibility index (Phi) is 4.69. The third kappa shape index (κ3) is 3.27.